The molecular weight excluding hydrogens is 372 g/mol. The molecule has 3 heteroatoms. The van der Waals surface area contributed by atoms with Crippen LogP contribution in [0.1, 0.15) is 31.8 Å². The van der Waals surface area contributed by atoms with Crippen molar-refractivity contribution < 1.29 is 14.4 Å². The monoisotopic (exact) mass is 390 g/mol. The number of hydrogen-bond donors (Lipinski definition) is 0. The summed E-state index contributed by atoms with van der Waals surface area (Å²) in [7, 11) is 0. The topological polar surface area (TPSA) is 51.2 Å². The number of fused-ring (bicyclic) bond motifs is 3. The highest BCUT2D eigenvalue weighted by molar-refractivity contribution is 6.50. The van der Waals surface area contributed by atoms with Gasteiger partial charge in [0.1, 0.15) is 0 Å². The minimum absolute atomic E-state index is 0.0752. The minimum Gasteiger partial charge on any atom is -0.289 e. The fourth-order valence-corrected chi connectivity index (χ4v) is 3.39. The quantitative estimate of drug-likeness (QED) is 0.334. The molecule has 0 bridgehead atoms. The highest BCUT2D eigenvalue weighted by Gasteiger charge is 2.21. The Morgan fingerprint density at radius 3 is 1.77 bits per heavy atom. The molecule has 0 heterocycles. The van der Waals surface area contributed by atoms with Crippen LogP contribution in [0.2, 0.25) is 0 Å². The standard InChI is InChI=1S/C14H8O2.C13H10O/c15-13-8-7-11-10-4-2-1-3-9(10)5-6-12(11)14(13)16;14-13(11-7-3-1-4-8-11)12-9-5-2-6-10-12/h1-8H;1-10H. The van der Waals surface area contributed by atoms with Crippen LogP contribution in [0.3, 0.4) is 0 Å². The van der Waals surface area contributed by atoms with Crippen molar-refractivity contribution in [3.05, 3.63) is 125 Å². The van der Waals surface area contributed by atoms with E-state index >= 15 is 0 Å². The molecule has 4 aromatic rings. The van der Waals surface area contributed by atoms with Gasteiger partial charge in [0.25, 0.3) is 0 Å². The Morgan fingerprint density at radius 2 is 1.13 bits per heavy atom. The van der Waals surface area contributed by atoms with E-state index in [1.165, 1.54) is 6.08 Å². The molecule has 0 saturated carbocycles. The average Bonchev–Trinajstić information content (AvgIpc) is 2.82. The Hall–Kier alpha value is -4.11. The van der Waals surface area contributed by atoms with Gasteiger partial charge in [-0.2, -0.15) is 0 Å². The van der Waals surface area contributed by atoms with Crippen LogP contribution in [0.4, 0.5) is 0 Å². The summed E-state index contributed by atoms with van der Waals surface area (Å²) in [5.74, 6) is -0.780. The van der Waals surface area contributed by atoms with E-state index in [9.17, 15) is 14.4 Å². The molecule has 0 amide bonds. The Labute approximate surface area is 174 Å². The maximum absolute atomic E-state index is 11.8. The lowest BCUT2D eigenvalue weighted by atomic mass is 9.91. The number of ketones is 3. The fraction of sp³-hybridized carbons (Fsp3) is 0. The van der Waals surface area contributed by atoms with Crippen LogP contribution >= 0.6 is 0 Å². The van der Waals surface area contributed by atoms with Gasteiger partial charge in [0, 0.05) is 16.7 Å². The van der Waals surface area contributed by atoms with Gasteiger partial charge in [-0.15, -0.1) is 0 Å². The lowest BCUT2D eigenvalue weighted by Crippen LogP contribution is -2.16. The number of Topliss-reactive ketones (excluding diaryl/α,β-unsaturated/α-hetero) is 1. The van der Waals surface area contributed by atoms with E-state index in [0.29, 0.717) is 5.56 Å². The van der Waals surface area contributed by atoms with Crippen molar-refractivity contribution in [2.75, 3.05) is 0 Å². The summed E-state index contributed by atoms with van der Waals surface area (Å²) in [6.07, 6.45) is 3.07. The van der Waals surface area contributed by atoms with Gasteiger partial charge in [-0.05, 0) is 34.6 Å². The van der Waals surface area contributed by atoms with Crippen molar-refractivity contribution in [1.82, 2.24) is 0 Å². The van der Waals surface area contributed by atoms with Crippen molar-refractivity contribution in [3.63, 3.8) is 0 Å². The first-order valence-corrected chi connectivity index (χ1v) is 9.58. The van der Waals surface area contributed by atoms with Crippen LogP contribution in [-0.2, 0) is 4.79 Å². The van der Waals surface area contributed by atoms with Gasteiger partial charge in [-0.1, -0.05) is 91.0 Å². The number of benzene rings is 4. The number of carbonyl (C=O) groups excluding carboxylic acids is 3. The van der Waals surface area contributed by atoms with Crippen molar-refractivity contribution in [1.29, 1.82) is 0 Å². The molecular formula is C27H18O3. The zero-order valence-electron chi connectivity index (χ0n) is 16.1. The molecule has 0 atom stereocenters. The summed E-state index contributed by atoms with van der Waals surface area (Å²) >= 11 is 0. The van der Waals surface area contributed by atoms with E-state index < -0.39 is 11.6 Å². The van der Waals surface area contributed by atoms with Crippen LogP contribution in [0.5, 0.6) is 0 Å². The van der Waals surface area contributed by atoms with Gasteiger partial charge in [0.15, 0.2) is 5.78 Å². The summed E-state index contributed by atoms with van der Waals surface area (Å²) in [4.78, 5) is 34.8. The second-order valence-electron chi connectivity index (χ2n) is 6.84. The Balaban J connectivity index is 0.000000147. The molecule has 0 aliphatic heterocycles. The maximum atomic E-state index is 11.8. The van der Waals surface area contributed by atoms with Gasteiger partial charge in [-0.25, -0.2) is 0 Å². The van der Waals surface area contributed by atoms with E-state index in [2.05, 4.69) is 0 Å². The van der Waals surface area contributed by atoms with E-state index in [4.69, 9.17) is 0 Å². The lowest BCUT2D eigenvalue weighted by molar-refractivity contribution is -0.110. The second kappa shape index (κ2) is 8.50. The summed E-state index contributed by atoms with van der Waals surface area (Å²) in [6, 6.07) is 30.0. The number of hydrogen-bond acceptors (Lipinski definition) is 3. The summed E-state index contributed by atoms with van der Waals surface area (Å²) in [5, 5.41) is 2.09. The highest BCUT2D eigenvalue weighted by atomic mass is 16.2. The van der Waals surface area contributed by atoms with Crippen LogP contribution in [-0.4, -0.2) is 17.3 Å². The first-order valence-electron chi connectivity index (χ1n) is 9.58. The second-order valence-corrected chi connectivity index (χ2v) is 6.84. The number of rotatable bonds is 2. The van der Waals surface area contributed by atoms with Crippen LogP contribution < -0.4 is 0 Å². The van der Waals surface area contributed by atoms with E-state index in [1.807, 2.05) is 91.0 Å². The molecule has 0 fully saturated rings. The molecule has 1 aliphatic carbocycles. The molecule has 0 unspecified atom stereocenters. The average molecular weight is 390 g/mol. The van der Waals surface area contributed by atoms with Crippen molar-refractivity contribution in [3.8, 4) is 0 Å². The lowest BCUT2D eigenvalue weighted by Gasteiger charge is -2.11. The van der Waals surface area contributed by atoms with E-state index in [0.717, 1.165) is 27.5 Å². The van der Waals surface area contributed by atoms with Gasteiger partial charge in [0.05, 0.1) is 0 Å². The van der Waals surface area contributed by atoms with E-state index in [1.54, 1.807) is 12.1 Å². The molecule has 0 aromatic heterocycles. The number of carbonyl (C=O) groups is 3. The molecule has 0 radical (unpaired) electrons. The third-order valence-corrected chi connectivity index (χ3v) is 4.91. The number of allylic oxidation sites excluding steroid dienone is 1. The molecule has 144 valence electrons. The molecule has 3 nitrogen and oxygen atoms in total. The van der Waals surface area contributed by atoms with Crippen LogP contribution in [0.15, 0.2) is 103 Å². The molecule has 0 saturated heterocycles. The molecule has 0 spiro atoms. The van der Waals surface area contributed by atoms with Crippen molar-refractivity contribution >= 4 is 34.2 Å². The third kappa shape index (κ3) is 3.87. The van der Waals surface area contributed by atoms with Gasteiger partial charge in [-0.3, -0.25) is 14.4 Å². The third-order valence-electron chi connectivity index (χ3n) is 4.91. The van der Waals surface area contributed by atoms with Gasteiger partial charge in [0.2, 0.25) is 11.6 Å². The Morgan fingerprint density at radius 1 is 0.567 bits per heavy atom. The molecule has 4 aromatic carbocycles. The first-order chi connectivity index (χ1) is 14.6. The van der Waals surface area contributed by atoms with E-state index in [-0.39, 0.29) is 5.78 Å². The van der Waals surface area contributed by atoms with Crippen LogP contribution in [0, 0.1) is 0 Å². The summed E-state index contributed by atoms with van der Waals surface area (Å²) in [5.41, 5.74) is 2.83. The van der Waals surface area contributed by atoms with Crippen molar-refractivity contribution in [2.24, 2.45) is 0 Å². The molecule has 5 rings (SSSR count). The molecule has 0 N–H and O–H groups in total. The van der Waals surface area contributed by atoms with Gasteiger partial charge < -0.3 is 0 Å². The van der Waals surface area contributed by atoms with Gasteiger partial charge >= 0.3 is 0 Å². The minimum atomic E-state index is -0.442. The largest absolute Gasteiger partial charge is 0.289 e. The predicted octanol–water partition coefficient (Wildman–Crippen LogP) is 5.54. The fourth-order valence-electron chi connectivity index (χ4n) is 3.39. The molecule has 30 heavy (non-hydrogen) atoms. The predicted molar refractivity (Wildman–Crippen MR) is 119 cm³/mol. The maximum Gasteiger partial charge on any atom is 0.233 e. The summed E-state index contributed by atoms with van der Waals surface area (Å²) in [6.45, 7) is 0. The van der Waals surface area contributed by atoms with Crippen molar-refractivity contribution in [2.45, 2.75) is 0 Å². The first kappa shape index (κ1) is 19.2. The zero-order chi connectivity index (χ0) is 20.9. The summed E-state index contributed by atoms with van der Waals surface area (Å²) < 4.78 is 0. The molecule has 1 aliphatic rings. The Kier molecular flexibility index (Phi) is 5.44. The smallest absolute Gasteiger partial charge is 0.233 e. The SMILES string of the molecule is O=C(c1ccccc1)c1ccccc1.O=C1C=Cc2c(ccc3ccccc23)C1=O. The zero-order valence-corrected chi connectivity index (χ0v) is 16.1. The highest BCUT2D eigenvalue weighted by Crippen LogP contribution is 2.26. The normalized spacial score (nSPS) is 12.1. The Bertz CT molecular complexity index is 1230. The van der Waals surface area contributed by atoms with Crippen LogP contribution in [0.25, 0.3) is 16.8 Å².